The van der Waals surface area contributed by atoms with Gasteiger partial charge in [-0.3, -0.25) is 4.79 Å². The molecule has 1 amide bonds. The third-order valence-corrected chi connectivity index (χ3v) is 3.74. The summed E-state index contributed by atoms with van der Waals surface area (Å²) in [7, 11) is 0. The van der Waals surface area contributed by atoms with Gasteiger partial charge in [0.2, 0.25) is 5.91 Å². The third-order valence-electron chi connectivity index (χ3n) is 3.74. The minimum Gasteiger partial charge on any atom is -0.341 e. The maximum absolute atomic E-state index is 12.2. The molecule has 1 heterocycles. The number of hydrogen-bond acceptors (Lipinski definition) is 2. The molecule has 1 fully saturated rings. The van der Waals surface area contributed by atoms with Gasteiger partial charge in [0.15, 0.2) is 0 Å². The van der Waals surface area contributed by atoms with Crippen molar-refractivity contribution in [3.63, 3.8) is 0 Å². The van der Waals surface area contributed by atoms with Crippen LogP contribution in [0.15, 0.2) is 0 Å². The lowest BCUT2D eigenvalue weighted by Crippen LogP contribution is -2.54. The summed E-state index contributed by atoms with van der Waals surface area (Å²) in [5.74, 6) is 0.947. The maximum Gasteiger partial charge on any atom is 0.242 e. The van der Waals surface area contributed by atoms with Gasteiger partial charge in [-0.05, 0) is 32.1 Å². The van der Waals surface area contributed by atoms with Gasteiger partial charge in [0.05, 0.1) is 5.54 Å². The fraction of sp³-hybridized carbons (Fsp3) is 0.923. The molecule has 0 saturated carbocycles. The Balaban J connectivity index is 2.50. The van der Waals surface area contributed by atoms with Crippen molar-refractivity contribution < 1.29 is 4.79 Å². The first-order valence-corrected chi connectivity index (χ1v) is 6.59. The van der Waals surface area contributed by atoms with Gasteiger partial charge in [-0.1, -0.05) is 26.7 Å². The zero-order valence-electron chi connectivity index (χ0n) is 11.0. The third kappa shape index (κ3) is 3.21. The van der Waals surface area contributed by atoms with E-state index in [-0.39, 0.29) is 5.91 Å². The molecule has 1 unspecified atom stereocenters. The zero-order chi connectivity index (χ0) is 12.2. The largest absolute Gasteiger partial charge is 0.341 e. The minimum atomic E-state index is -0.659. The molecule has 1 saturated heterocycles. The van der Waals surface area contributed by atoms with E-state index >= 15 is 0 Å². The first kappa shape index (κ1) is 13.5. The first-order valence-electron chi connectivity index (χ1n) is 6.59. The van der Waals surface area contributed by atoms with E-state index in [1.165, 1.54) is 6.42 Å². The van der Waals surface area contributed by atoms with E-state index in [2.05, 4.69) is 13.8 Å². The average Bonchev–Trinajstić information content (AvgIpc) is 2.28. The number of nitrogens with two attached hydrogens (primary N) is 1. The highest BCUT2D eigenvalue weighted by Gasteiger charge is 2.33. The Morgan fingerprint density at radius 1 is 1.38 bits per heavy atom. The van der Waals surface area contributed by atoms with Crippen molar-refractivity contribution in [2.24, 2.45) is 11.7 Å². The van der Waals surface area contributed by atoms with Crippen molar-refractivity contribution in [3.05, 3.63) is 0 Å². The predicted octanol–water partition coefficient (Wildman–Crippen LogP) is 2.15. The Bertz CT molecular complexity index is 230. The molecule has 1 rings (SSSR count). The van der Waals surface area contributed by atoms with E-state index in [1.807, 2.05) is 11.8 Å². The van der Waals surface area contributed by atoms with Crippen LogP contribution in [0.2, 0.25) is 0 Å². The Morgan fingerprint density at radius 3 is 2.38 bits per heavy atom. The highest BCUT2D eigenvalue weighted by atomic mass is 16.2. The molecule has 2 N–H and O–H groups in total. The van der Waals surface area contributed by atoms with Crippen LogP contribution in [0.1, 0.15) is 52.9 Å². The van der Waals surface area contributed by atoms with Crippen molar-refractivity contribution in [1.82, 2.24) is 4.90 Å². The van der Waals surface area contributed by atoms with Gasteiger partial charge < -0.3 is 10.6 Å². The number of likely N-dealkylation sites (tertiary alicyclic amines) is 1. The van der Waals surface area contributed by atoms with E-state index in [9.17, 15) is 4.79 Å². The summed E-state index contributed by atoms with van der Waals surface area (Å²) in [6.07, 6.45) is 5.26. The number of nitrogens with zero attached hydrogens (tertiary/aromatic N) is 1. The molecule has 16 heavy (non-hydrogen) atoms. The molecule has 0 bridgehead atoms. The molecule has 1 aliphatic rings. The van der Waals surface area contributed by atoms with Crippen molar-refractivity contribution in [1.29, 1.82) is 0 Å². The van der Waals surface area contributed by atoms with E-state index in [4.69, 9.17) is 5.73 Å². The fourth-order valence-electron chi connectivity index (χ4n) is 2.53. The Morgan fingerprint density at radius 2 is 1.94 bits per heavy atom. The molecule has 0 aliphatic carbocycles. The van der Waals surface area contributed by atoms with Crippen LogP contribution in [0.5, 0.6) is 0 Å². The van der Waals surface area contributed by atoms with Crippen LogP contribution in [0.25, 0.3) is 0 Å². The highest BCUT2D eigenvalue weighted by Crippen LogP contribution is 2.22. The Kier molecular flexibility index (Phi) is 4.78. The molecule has 0 radical (unpaired) electrons. The average molecular weight is 226 g/mol. The standard InChI is InChI=1S/C13H26N2O/c1-4-8-13(3,14)12(16)15-9-6-11(5-2)7-10-15/h11H,4-10,14H2,1-3H3. The Hall–Kier alpha value is -0.570. The molecule has 0 aromatic rings. The topological polar surface area (TPSA) is 46.3 Å². The smallest absolute Gasteiger partial charge is 0.242 e. The normalized spacial score (nSPS) is 21.9. The lowest BCUT2D eigenvalue weighted by atomic mass is 9.91. The number of carbonyl (C=O) groups excluding carboxylic acids is 1. The van der Waals surface area contributed by atoms with Crippen LogP contribution in [0.4, 0.5) is 0 Å². The number of piperidine rings is 1. The number of carbonyl (C=O) groups is 1. The summed E-state index contributed by atoms with van der Waals surface area (Å²) in [6, 6.07) is 0. The molecule has 0 aromatic heterocycles. The molecular formula is C13H26N2O. The van der Waals surface area contributed by atoms with Gasteiger partial charge in [0.25, 0.3) is 0 Å². The lowest BCUT2D eigenvalue weighted by molar-refractivity contribution is -0.138. The molecule has 94 valence electrons. The summed E-state index contributed by atoms with van der Waals surface area (Å²) in [5, 5.41) is 0. The fourth-order valence-corrected chi connectivity index (χ4v) is 2.53. The molecule has 0 spiro atoms. The van der Waals surface area contributed by atoms with E-state index < -0.39 is 5.54 Å². The summed E-state index contributed by atoms with van der Waals surface area (Å²) >= 11 is 0. The maximum atomic E-state index is 12.2. The number of hydrogen-bond donors (Lipinski definition) is 1. The van der Waals surface area contributed by atoms with Gasteiger partial charge in [-0.15, -0.1) is 0 Å². The van der Waals surface area contributed by atoms with Crippen molar-refractivity contribution in [3.8, 4) is 0 Å². The molecule has 3 heteroatoms. The summed E-state index contributed by atoms with van der Waals surface area (Å²) in [5.41, 5.74) is 5.42. The second kappa shape index (κ2) is 5.67. The second-order valence-corrected chi connectivity index (χ2v) is 5.31. The first-order chi connectivity index (χ1) is 7.51. The lowest BCUT2D eigenvalue weighted by Gasteiger charge is -2.36. The second-order valence-electron chi connectivity index (χ2n) is 5.31. The SMILES string of the molecule is CCCC(C)(N)C(=O)N1CCC(CC)CC1. The molecule has 0 aromatic carbocycles. The number of rotatable bonds is 4. The molecule has 1 atom stereocenters. The molecular weight excluding hydrogens is 200 g/mol. The molecule has 3 nitrogen and oxygen atoms in total. The quantitative estimate of drug-likeness (QED) is 0.798. The summed E-state index contributed by atoms with van der Waals surface area (Å²) in [6.45, 7) is 7.96. The van der Waals surface area contributed by atoms with Crippen LogP contribution < -0.4 is 5.73 Å². The van der Waals surface area contributed by atoms with Crippen LogP contribution >= 0.6 is 0 Å². The highest BCUT2D eigenvalue weighted by molar-refractivity contribution is 5.85. The van der Waals surface area contributed by atoms with Crippen molar-refractivity contribution >= 4 is 5.91 Å². The van der Waals surface area contributed by atoms with Gasteiger partial charge in [-0.2, -0.15) is 0 Å². The zero-order valence-corrected chi connectivity index (χ0v) is 11.0. The predicted molar refractivity (Wildman–Crippen MR) is 67.1 cm³/mol. The van der Waals surface area contributed by atoms with Gasteiger partial charge in [0, 0.05) is 13.1 Å². The van der Waals surface area contributed by atoms with Gasteiger partial charge >= 0.3 is 0 Å². The van der Waals surface area contributed by atoms with E-state index in [1.54, 1.807) is 0 Å². The van der Waals surface area contributed by atoms with Gasteiger partial charge in [0.1, 0.15) is 0 Å². The Labute approximate surface area is 99.4 Å². The van der Waals surface area contributed by atoms with Crippen molar-refractivity contribution in [2.45, 2.75) is 58.4 Å². The monoisotopic (exact) mass is 226 g/mol. The molecule has 1 aliphatic heterocycles. The number of amides is 1. The van der Waals surface area contributed by atoms with E-state index in [0.717, 1.165) is 44.7 Å². The van der Waals surface area contributed by atoms with Crippen LogP contribution in [0, 0.1) is 5.92 Å². The summed E-state index contributed by atoms with van der Waals surface area (Å²) in [4.78, 5) is 14.2. The van der Waals surface area contributed by atoms with Gasteiger partial charge in [-0.25, -0.2) is 0 Å². The minimum absolute atomic E-state index is 0.143. The van der Waals surface area contributed by atoms with Crippen molar-refractivity contribution in [2.75, 3.05) is 13.1 Å². The van der Waals surface area contributed by atoms with Crippen LogP contribution in [0.3, 0.4) is 0 Å². The van der Waals surface area contributed by atoms with Crippen LogP contribution in [-0.4, -0.2) is 29.4 Å². The van der Waals surface area contributed by atoms with E-state index in [0.29, 0.717) is 0 Å². The van der Waals surface area contributed by atoms with Crippen LogP contribution in [-0.2, 0) is 4.79 Å². The summed E-state index contributed by atoms with van der Waals surface area (Å²) < 4.78 is 0.